The number of aromatic nitrogens is 2. The number of aromatic amines is 1. The number of carbonyl (C=O) groups is 1. The maximum atomic E-state index is 11.0. The van der Waals surface area contributed by atoms with Crippen molar-refractivity contribution in [1.82, 2.24) is 9.97 Å². The van der Waals surface area contributed by atoms with E-state index >= 15 is 0 Å². The van der Waals surface area contributed by atoms with E-state index in [4.69, 9.17) is 6.42 Å². The minimum absolute atomic E-state index is 0.357. The highest BCUT2D eigenvalue weighted by Crippen LogP contribution is 2.23. The molecule has 92 valence electrons. The van der Waals surface area contributed by atoms with Gasteiger partial charge in [0.1, 0.15) is 0 Å². The van der Waals surface area contributed by atoms with Gasteiger partial charge >= 0.3 is 6.09 Å². The number of imidazole rings is 1. The first kappa shape index (κ1) is 12.3. The van der Waals surface area contributed by atoms with Crippen LogP contribution in [0.5, 0.6) is 0 Å². The lowest BCUT2D eigenvalue weighted by molar-refractivity contribution is 0.186. The van der Waals surface area contributed by atoms with Gasteiger partial charge in [-0.2, -0.15) is 0 Å². The molecule has 5 nitrogen and oxygen atoms in total. The average molecular weight is 261 g/mol. The van der Waals surface area contributed by atoms with E-state index in [0.717, 1.165) is 15.9 Å². The first-order valence-corrected chi connectivity index (χ1v) is 6.12. The fourth-order valence-corrected chi connectivity index (χ4v) is 2.03. The van der Waals surface area contributed by atoms with Gasteiger partial charge in [-0.15, -0.1) is 18.2 Å². The number of benzene rings is 1. The lowest BCUT2D eigenvalue weighted by atomic mass is 10.3. The number of terminal acetylenes is 1. The van der Waals surface area contributed by atoms with Crippen molar-refractivity contribution in [3.8, 4) is 12.3 Å². The summed E-state index contributed by atoms with van der Waals surface area (Å²) in [6, 6.07) is 5.74. The fourth-order valence-electron chi connectivity index (χ4n) is 1.41. The standard InChI is InChI=1S/C12H11N3O2S/c1-3-6-18-8-4-5-9-10(7-8)14-11(13-9)15-12(16)17-2/h1,4-5,7H,6H2,2H3,(H2,13,14,15,16). The van der Waals surface area contributed by atoms with Gasteiger partial charge in [-0.05, 0) is 18.2 Å². The minimum Gasteiger partial charge on any atom is -0.453 e. The van der Waals surface area contributed by atoms with E-state index in [9.17, 15) is 4.79 Å². The highest BCUT2D eigenvalue weighted by Gasteiger charge is 2.07. The smallest absolute Gasteiger partial charge is 0.413 e. The van der Waals surface area contributed by atoms with Gasteiger partial charge in [0.25, 0.3) is 0 Å². The summed E-state index contributed by atoms with van der Waals surface area (Å²) >= 11 is 1.57. The summed E-state index contributed by atoms with van der Waals surface area (Å²) in [4.78, 5) is 19.3. The van der Waals surface area contributed by atoms with Crippen LogP contribution in [0.4, 0.5) is 10.7 Å². The predicted molar refractivity (Wildman–Crippen MR) is 71.7 cm³/mol. The third-order valence-corrected chi connectivity index (χ3v) is 3.08. The maximum Gasteiger partial charge on any atom is 0.413 e. The molecule has 0 saturated heterocycles. The molecule has 0 spiro atoms. The molecule has 0 atom stereocenters. The zero-order valence-electron chi connectivity index (χ0n) is 9.69. The summed E-state index contributed by atoms with van der Waals surface area (Å²) in [7, 11) is 1.30. The van der Waals surface area contributed by atoms with Gasteiger partial charge < -0.3 is 9.72 Å². The number of H-pyrrole nitrogens is 1. The second-order valence-electron chi connectivity index (χ2n) is 3.37. The molecular weight excluding hydrogens is 250 g/mol. The van der Waals surface area contributed by atoms with Crippen LogP contribution in [0, 0.1) is 12.3 Å². The lowest BCUT2D eigenvalue weighted by Crippen LogP contribution is -2.11. The van der Waals surface area contributed by atoms with Crippen molar-refractivity contribution in [3.05, 3.63) is 18.2 Å². The van der Waals surface area contributed by atoms with Crippen molar-refractivity contribution in [1.29, 1.82) is 0 Å². The number of nitrogens with zero attached hydrogens (tertiary/aromatic N) is 1. The summed E-state index contributed by atoms with van der Waals surface area (Å²) < 4.78 is 4.49. The lowest BCUT2D eigenvalue weighted by Gasteiger charge is -1.97. The Morgan fingerprint density at radius 2 is 2.50 bits per heavy atom. The van der Waals surface area contributed by atoms with Gasteiger partial charge in [0.05, 0.1) is 23.9 Å². The van der Waals surface area contributed by atoms with Crippen LogP contribution in [0.25, 0.3) is 11.0 Å². The summed E-state index contributed by atoms with van der Waals surface area (Å²) in [6.07, 6.45) is 4.65. The topological polar surface area (TPSA) is 67.0 Å². The average Bonchev–Trinajstić information content (AvgIpc) is 2.77. The predicted octanol–water partition coefficient (Wildman–Crippen LogP) is 2.47. The molecule has 1 heterocycles. The first-order chi connectivity index (χ1) is 8.72. The molecule has 0 saturated carbocycles. The highest BCUT2D eigenvalue weighted by molar-refractivity contribution is 7.99. The summed E-state index contributed by atoms with van der Waals surface area (Å²) in [6.45, 7) is 0. The Morgan fingerprint density at radius 3 is 3.22 bits per heavy atom. The monoisotopic (exact) mass is 261 g/mol. The number of carbonyl (C=O) groups excluding carboxylic acids is 1. The molecule has 1 aromatic heterocycles. The number of anilines is 1. The third-order valence-electron chi connectivity index (χ3n) is 2.18. The number of methoxy groups -OCH3 is 1. The van der Waals surface area contributed by atoms with E-state index in [-0.39, 0.29) is 0 Å². The van der Waals surface area contributed by atoms with Crippen molar-refractivity contribution >= 4 is 34.8 Å². The van der Waals surface area contributed by atoms with E-state index < -0.39 is 6.09 Å². The molecule has 0 unspecified atom stereocenters. The molecule has 0 aliphatic heterocycles. The normalized spacial score (nSPS) is 10.0. The number of rotatable bonds is 3. The van der Waals surface area contributed by atoms with Crippen LogP contribution in [0.15, 0.2) is 23.1 Å². The van der Waals surface area contributed by atoms with Gasteiger partial charge in [0.15, 0.2) is 0 Å². The minimum atomic E-state index is -0.559. The van der Waals surface area contributed by atoms with Crippen molar-refractivity contribution in [3.63, 3.8) is 0 Å². The van der Waals surface area contributed by atoms with E-state index in [1.54, 1.807) is 11.8 Å². The second-order valence-corrected chi connectivity index (χ2v) is 4.42. The number of nitrogens with one attached hydrogen (secondary N) is 2. The Balaban J connectivity index is 2.23. The van der Waals surface area contributed by atoms with Crippen LogP contribution >= 0.6 is 11.8 Å². The van der Waals surface area contributed by atoms with E-state index in [2.05, 4.69) is 25.9 Å². The molecule has 2 N–H and O–H groups in total. The zero-order chi connectivity index (χ0) is 13.0. The molecule has 6 heteroatoms. The molecule has 0 fully saturated rings. The van der Waals surface area contributed by atoms with Gasteiger partial charge in [-0.3, -0.25) is 5.32 Å². The molecule has 1 amide bonds. The van der Waals surface area contributed by atoms with Crippen LogP contribution in [0.3, 0.4) is 0 Å². The summed E-state index contributed by atoms with van der Waals surface area (Å²) in [5.74, 6) is 3.54. The van der Waals surface area contributed by atoms with E-state index in [1.807, 2.05) is 18.2 Å². The number of hydrogen-bond donors (Lipinski definition) is 2. The molecule has 0 aliphatic carbocycles. The van der Waals surface area contributed by atoms with Crippen LogP contribution < -0.4 is 5.32 Å². The van der Waals surface area contributed by atoms with Crippen LogP contribution in [-0.4, -0.2) is 28.9 Å². The maximum absolute atomic E-state index is 11.0. The van der Waals surface area contributed by atoms with Crippen molar-refractivity contribution < 1.29 is 9.53 Å². The van der Waals surface area contributed by atoms with Crippen LogP contribution in [0.1, 0.15) is 0 Å². The largest absolute Gasteiger partial charge is 0.453 e. The number of thioether (sulfide) groups is 1. The SMILES string of the molecule is C#CCSc1ccc2nc(NC(=O)OC)[nH]c2c1. The van der Waals surface area contributed by atoms with Gasteiger partial charge in [0.2, 0.25) is 5.95 Å². The van der Waals surface area contributed by atoms with Crippen LogP contribution in [-0.2, 0) is 4.74 Å². The van der Waals surface area contributed by atoms with Crippen molar-refractivity contribution in [2.75, 3.05) is 18.2 Å². The van der Waals surface area contributed by atoms with E-state index in [1.165, 1.54) is 7.11 Å². The number of amides is 1. The Hall–Kier alpha value is -2.13. The fraction of sp³-hybridized carbons (Fsp3) is 0.167. The first-order valence-electron chi connectivity index (χ1n) is 5.14. The molecule has 0 bridgehead atoms. The number of hydrogen-bond acceptors (Lipinski definition) is 4. The number of fused-ring (bicyclic) bond motifs is 1. The Labute approximate surface area is 108 Å². The second kappa shape index (κ2) is 5.47. The van der Waals surface area contributed by atoms with Gasteiger partial charge in [-0.1, -0.05) is 5.92 Å². The molecular formula is C12H11N3O2S. The molecule has 18 heavy (non-hydrogen) atoms. The molecule has 2 rings (SSSR count). The highest BCUT2D eigenvalue weighted by atomic mass is 32.2. The van der Waals surface area contributed by atoms with Crippen molar-refractivity contribution in [2.45, 2.75) is 4.90 Å². The Morgan fingerprint density at radius 1 is 1.67 bits per heavy atom. The zero-order valence-corrected chi connectivity index (χ0v) is 10.5. The quantitative estimate of drug-likeness (QED) is 0.658. The Bertz CT molecular complexity index is 615. The molecule has 2 aromatic rings. The van der Waals surface area contributed by atoms with E-state index in [0.29, 0.717) is 11.7 Å². The summed E-state index contributed by atoms with van der Waals surface area (Å²) in [5, 5.41) is 2.48. The Kier molecular flexibility index (Phi) is 3.75. The molecule has 1 aromatic carbocycles. The third kappa shape index (κ3) is 2.76. The van der Waals surface area contributed by atoms with Crippen LogP contribution in [0.2, 0.25) is 0 Å². The molecule has 0 aliphatic rings. The molecule has 0 radical (unpaired) electrons. The van der Waals surface area contributed by atoms with Crippen molar-refractivity contribution in [2.24, 2.45) is 0 Å². The summed E-state index contributed by atoms with van der Waals surface area (Å²) in [5.41, 5.74) is 1.61. The number of ether oxygens (including phenoxy) is 1. The van der Waals surface area contributed by atoms with Gasteiger partial charge in [-0.25, -0.2) is 9.78 Å². The van der Waals surface area contributed by atoms with Gasteiger partial charge in [0, 0.05) is 4.90 Å².